The van der Waals surface area contributed by atoms with Crippen molar-refractivity contribution >= 4 is 11.4 Å². The lowest BCUT2D eigenvalue weighted by molar-refractivity contribution is 0.0884. The van der Waals surface area contributed by atoms with E-state index < -0.39 is 0 Å². The normalized spacial score (nSPS) is 29.6. The second-order valence-corrected chi connectivity index (χ2v) is 9.70. The lowest BCUT2D eigenvalue weighted by Crippen LogP contribution is -2.41. The van der Waals surface area contributed by atoms with E-state index in [4.69, 9.17) is 0 Å². The molecule has 0 bridgehead atoms. The minimum Gasteiger partial charge on any atom is -0.294 e. The largest absolute Gasteiger partial charge is 0.294 e. The van der Waals surface area contributed by atoms with Gasteiger partial charge in [0, 0.05) is 18.2 Å². The SMILES string of the molecule is CCCC(=O)c1ccc2c(c1)CC[C@@H]1[C@@H]2CC[C@]2(C)C(c3cncc(F)c3)=CC[C@@H]12. The highest BCUT2D eigenvalue weighted by Gasteiger charge is 2.51. The number of Topliss-reactive ketones (excluding diaryl/α,β-unsaturated/α-hetero) is 1. The van der Waals surface area contributed by atoms with Gasteiger partial charge in [-0.15, -0.1) is 0 Å². The fourth-order valence-electron chi connectivity index (χ4n) is 6.70. The highest BCUT2D eigenvalue weighted by molar-refractivity contribution is 5.96. The van der Waals surface area contributed by atoms with Gasteiger partial charge in [0.2, 0.25) is 0 Å². The third kappa shape index (κ3) is 3.05. The minimum atomic E-state index is -0.255. The van der Waals surface area contributed by atoms with Gasteiger partial charge in [0.05, 0.1) is 6.20 Å². The third-order valence-electron chi connectivity index (χ3n) is 8.12. The Balaban J connectivity index is 1.42. The van der Waals surface area contributed by atoms with Gasteiger partial charge in [-0.1, -0.05) is 32.1 Å². The van der Waals surface area contributed by atoms with Crippen LogP contribution in [0.25, 0.3) is 5.57 Å². The first-order valence-corrected chi connectivity index (χ1v) is 11.5. The molecule has 1 heterocycles. The Morgan fingerprint density at radius 2 is 2.10 bits per heavy atom. The molecule has 30 heavy (non-hydrogen) atoms. The summed E-state index contributed by atoms with van der Waals surface area (Å²) in [6.45, 7) is 4.45. The van der Waals surface area contributed by atoms with Crippen molar-refractivity contribution in [3.8, 4) is 0 Å². The molecule has 2 aromatic rings. The molecule has 0 spiro atoms. The summed E-state index contributed by atoms with van der Waals surface area (Å²) in [5.74, 6) is 1.86. The van der Waals surface area contributed by atoms with Crippen molar-refractivity contribution in [3.63, 3.8) is 0 Å². The van der Waals surface area contributed by atoms with Crippen LogP contribution < -0.4 is 0 Å². The lowest BCUT2D eigenvalue weighted by Gasteiger charge is -2.50. The van der Waals surface area contributed by atoms with Crippen LogP contribution in [-0.2, 0) is 6.42 Å². The van der Waals surface area contributed by atoms with E-state index in [1.165, 1.54) is 29.3 Å². The van der Waals surface area contributed by atoms with Gasteiger partial charge >= 0.3 is 0 Å². The van der Waals surface area contributed by atoms with E-state index in [1.54, 1.807) is 6.07 Å². The first-order valence-electron chi connectivity index (χ1n) is 11.5. The molecular formula is C27H30FNO. The Morgan fingerprint density at radius 3 is 2.90 bits per heavy atom. The van der Waals surface area contributed by atoms with Crippen molar-refractivity contribution in [3.05, 3.63) is 70.8 Å². The summed E-state index contributed by atoms with van der Waals surface area (Å²) in [6, 6.07) is 8.12. The average Bonchev–Trinajstić information content (AvgIpc) is 3.10. The number of nitrogens with zero attached hydrogens (tertiary/aromatic N) is 1. The van der Waals surface area contributed by atoms with E-state index in [9.17, 15) is 9.18 Å². The summed E-state index contributed by atoms with van der Waals surface area (Å²) in [5, 5.41) is 0. The molecule has 1 aromatic heterocycles. The second kappa shape index (κ2) is 7.44. The number of carbonyl (C=O) groups is 1. The van der Waals surface area contributed by atoms with Crippen LogP contribution in [0.5, 0.6) is 0 Å². The van der Waals surface area contributed by atoms with E-state index in [0.29, 0.717) is 24.2 Å². The summed E-state index contributed by atoms with van der Waals surface area (Å²) in [4.78, 5) is 16.5. The van der Waals surface area contributed by atoms with Crippen LogP contribution in [0, 0.1) is 23.1 Å². The highest BCUT2D eigenvalue weighted by Crippen LogP contribution is 2.63. The number of pyridine rings is 1. The Morgan fingerprint density at radius 1 is 1.23 bits per heavy atom. The molecule has 1 fully saturated rings. The zero-order valence-electron chi connectivity index (χ0n) is 18.0. The van der Waals surface area contributed by atoms with E-state index in [2.05, 4.69) is 43.1 Å². The average molecular weight is 404 g/mol. The zero-order chi connectivity index (χ0) is 20.9. The first-order chi connectivity index (χ1) is 14.5. The summed E-state index contributed by atoms with van der Waals surface area (Å²) < 4.78 is 13.8. The number of fused-ring (bicyclic) bond motifs is 5. The fraction of sp³-hybridized carbons (Fsp3) is 0.481. The predicted octanol–water partition coefficient (Wildman–Crippen LogP) is 6.75. The number of hydrogen-bond acceptors (Lipinski definition) is 2. The molecule has 5 rings (SSSR count). The number of halogens is 1. The lowest BCUT2D eigenvalue weighted by atomic mass is 9.54. The number of aryl methyl sites for hydroxylation is 1. The fourth-order valence-corrected chi connectivity index (χ4v) is 6.70. The third-order valence-corrected chi connectivity index (χ3v) is 8.12. The van der Waals surface area contributed by atoms with Crippen LogP contribution in [0.4, 0.5) is 4.39 Å². The Bertz CT molecular complexity index is 1030. The van der Waals surface area contributed by atoms with E-state index in [1.807, 2.05) is 6.20 Å². The number of hydrogen-bond donors (Lipinski definition) is 0. The van der Waals surface area contributed by atoms with E-state index in [0.717, 1.165) is 43.2 Å². The molecule has 0 saturated heterocycles. The molecule has 3 aliphatic rings. The molecule has 3 aliphatic carbocycles. The maximum absolute atomic E-state index is 13.8. The number of allylic oxidation sites excluding steroid dienone is 2. The highest BCUT2D eigenvalue weighted by atomic mass is 19.1. The monoisotopic (exact) mass is 403 g/mol. The van der Waals surface area contributed by atoms with Crippen molar-refractivity contribution in [2.75, 3.05) is 0 Å². The topological polar surface area (TPSA) is 30.0 Å². The molecule has 3 heteroatoms. The Hall–Kier alpha value is -2.29. The van der Waals surface area contributed by atoms with Gasteiger partial charge in [0.25, 0.3) is 0 Å². The van der Waals surface area contributed by atoms with Gasteiger partial charge in [-0.2, -0.15) is 0 Å². The molecule has 0 aliphatic heterocycles. The van der Waals surface area contributed by atoms with Gasteiger partial charge in [0.1, 0.15) is 5.82 Å². The maximum Gasteiger partial charge on any atom is 0.162 e. The number of rotatable bonds is 4. The number of carbonyl (C=O) groups excluding carboxylic acids is 1. The van der Waals surface area contributed by atoms with Crippen molar-refractivity contribution < 1.29 is 9.18 Å². The molecule has 1 saturated carbocycles. The van der Waals surface area contributed by atoms with Crippen LogP contribution in [0.3, 0.4) is 0 Å². The zero-order valence-corrected chi connectivity index (χ0v) is 18.0. The van der Waals surface area contributed by atoms with Crippen LogP contribution in [0.15, 0.2) is 42.7 Å². The Labute approximate surface area is 178 Å². The van der Waals surface area contributed by atoms with Crippen LogP contribution in [0.1, 0.15) is 85.3 Å². The Kier molecular flexibility index (Phi) is 4.88. The van der Waals surface area contributed by atoms with Crippen molar-refractivity contribution in [2.45, 2.75) is 64.7 Å². The van der Waals surface area contributed by atoms with Crippen molar-refractivity contribution in [1.82, 2.24) is 4.98 Å². The summed E-state index contributed by atoms with van der Waals surface area (Å²) in [5.41, 5.74) is 6.10. The quantitative estimate of drug-likeness (QED) is 0.528. The summed E-state index contributed by atoms with van der Waals surface area (Å²) >= 11 is 0. The molecule has 0 unspecified atom stereocenters. The molecule has 4 atom stereocenters. The molecule has 2 nitrogen and oxygen atoms in total. The van der Waals surface area contributed by atoms with Crippen molar-refractivity contribution in [2.24, 2.45) is 17.3 Å². The number of aromatic nitrogens is 1. The standard InChI is InChI=1S/C27H30FNO/c1-3-4-26(30)18-6-7-21-17(13-18)5-8-23-22(21)11-12-27(2)24(9-10-25(23)27)19-14-20(28)16-29-15-19/h6-7,9,13-16,22-23,25H,3-5,8,10-12H2,1-2H3/t22-,23-,25+,27-/m1/s1. The van der Waals surface area contributed by atoms with Crippen LogP contribution in [0.2, 0.25) is 0 Å². The molecule has 0 radical (unpaired) electrons. The van der Waals surface area contributed by atoms with Gasteiger partial charge in [0.15, 0.2) is 5.78 Å². The molecular weight excluding hydrogens is 373 g/mol. The second-order valence-electron chi connectivity index (χ2n) is 9.70. The van der Waals surface area contributed by atoms with Gasteiger partial charge < -0.3 is 0 Å². The van der Waals surface area contributed by atoms with Crippen LogP contribution in [-0.4, -0.2) is 10.8 Å². The van der Waals surface area contributed by atoms with E-state index >= 15 is 0 Å². The smallest absolute Gasteiger partial charge is 0.162 e. The van der Waals surface area contributed by atoms with Crippen LogP contribution >= 0.6 is 0 Å². The predicted molar refractivity (Wildman–Crippen MR) is 118 cm³/mol. The molecule has 0 N–H and O–H groups in total. The molecule has 1 aromatic carbocycles. The maximum atomic E-state index is 13.8. The van der Waals surface area contributed by atoms with E-state index in [-0.39, 0.29) is 17.0 Å². The van der Waals surface area contributed by atoms with Gasteiger partial charge in [-0.3, -0.25) is 9.78 Å². The molecule has 0 amide bonds. The first kappa shape index (κ1) is 19.7. The van der Waals surface area contributed by atoms with Gasteiger partial charge in [-0.05, 0) is 96.1 Å². The number of benzene rings is 1. The minimum absolute atomic E-state index is 0.102. The summed E-state index contributed by atoms with van der Waals surface area (Å²) in [7, 11) is 0. The summed E-state index contributed by atoms with van der Waals surface area (Å²) in [6.07, 6.45) is 12.6. The number of ketones is 1. The molecule has 156 valence electrons. The van der Waals surface area contributed by atoms with Crippen molar-refractivity contribution in [1.29, 1.82) is 0 Å². The van der Waals surface area contributed by atoms with Gasteiger partial charge in [-0.25, -0.2) is 4.39 Å².